The van der Waals surface area contributed by atoms with Gasteiger partial charge in [-0.25, -0.2) is 43.7 Å². The largest absolute Gasteiger partial charge is 1.00 e. The van der Waals surface area contributed by atoms with E-state index in [-0.39, 0.29) is 208 Å². The fourth-order valence-corrected chi connectivity index (χ4v) is 8.67. The van der Waals surface area contributed by atoms with Gasteiger partial charge in [-0.3, -0.25) is 9.97 Å². The Bertz CT molecular complexity index is 3530. The van der Waals surface area contributed by atoms with Crippen LogP contribution in [0.15, 0.2) is 114 Å². The van der Waals surface area contributed by atoms with Gasteiger partial charge in [-0.1, -0.05) is 24.3 Å². The van der Waals surface area contributed by atoms with Gasteiger partial charge in [0.15, 0.2) is 0 Å². The first kappa shape index (κ1) is 67.1. The average molecular weight is 1130 g/mol. The van der Waals surface area contributed by atoms with Crippen molar-refractivity contribution in [2.24, 2.45) is 9.98 Å². The van der Waals surface area contributed by atoms with Crippen LogP contribution in [0.25, 0.3) is 12.2 Å². The molecule has 6 N–H and O–H groups in total. The second-order valence-electron chi connectivity index (χ2n) is 14.4. The summed E-state index contributed by atoms with van der Waals surface area (Å²) in [6.45, 7) is 3.84. The number of nitrogens with zero attached hydrogens (tertiary/aromatic N) is 8. The molecule has 0 aliphatic carbocycles. The van der Waals surface area contributed by atoms with Gasteiger partial charge in [0.1, 0.15) is 40.5 Å². The minimum absolute atomic E-state index is 0. The quantitative estimate of drug-likeness (QED) is 0.0235. The van der Waals surface area contributed by atoms with Gasteiger partial charge < -0.3 is 48.9 Å². The number of hydrogen-bond acceptors (Lipinski definition) is 24. The third-order valence-corrected chi connectivity index (χ3v) is 13.1. The van der Waals surface area contributed by atoms with E-state index in [1.54, 1.807) is 4.90 Å². The number of aliphatic hydroxyl groups is 2. The fraction of sp³-hybridized carbons (Fsp3) is 0.200. The van der Waals surface area contributed by atoms with Crippen molar-refractivity contribution in [1.82, 2.24) is 29.9 Å². The molecule has 0 saturated carbocycles. The Kier molecular flexibility index (Phi) is 26.4. The molecule has 372 valence electrons. The molecule has 26 nitrogen and oxygen atoms in total. The Hall–Kier alpha value is -3.00. The van der Waals surface area contributed by atoms with Crippen molar-refractivity contribution in [3.05, 3.63) is 107 Å². The smallest absolute Gasteiger partial charge is 0.744 e. The third kappa shape index (κ3) is 18.9. The Labute approximate surface area is 513 Å². The Balaban J connectivity index is 0.00000469. The number of hydrogen-bond donors (Lipinski definition) is 6. The van der Waals surface area contributed by atoms with Crippen molar-refractivity contribution in [3.8, 4) is 0 Å². The van der Waals surface area contributed by atoms with E-state index in [9.17, 15) is 62.1 Å². The van der Waals surface area contributed by atoms with Crippen LogP contribution < -0.4 is 150 Å². The first-order valence-electron chi connectivity index (χ1n) is 20.3. The van der Waals surface area contributed by atoms with Crippen LogP contribution in [0.4, 0.5) is 46.5 Å². The van der Waals surface area contributed by atoms with E-state index in [0.717, 1.165) is 48.6 Å². The van der Waals surface area contributed by atoms with E-state index in [0.29, 0.717) is 18.8 Å². The molecule has 2 heterocycles. The summed E-state index contributed by atoms with van der Waals surface area (Å²) < 4.78 is 144. The van der Waals surface area contributed by atoms with E-state index in [4.69, 9.17) is 0 Å². The first-order chi connectivity index (χ1) is 33.0. The summed E-state index contributed by atoms with van der Waals surface area (Å²) in [6, 6.07) is 16.3. The molecular weight excluding hydrogens is 1090 g/mol. The summed E-state index contributed by atoms with van der Waals surface area (Å²) in [5.41, 5.74) is -0.528. The van der Waals surface area contributed by atoms with Crippen LogP contribution in [-0.2, 0) is 40.5 Å². The number of H-pyrrole nitrogens is 2. The third-order valence-electron chi connectivity index (χ3n) is 9.64. The molecule has 0 bridgehead atoms. The van der Waals surface area contributed by atoms with Crippen LogP contribution in [0.5, 0.6) is 0 Å². The maximum Gasteiger partial charge on any atom is 1.00 e. The van der Waals surface area contributed by atoms with Crippen molar-refractivity contribution in [3.63, 3.8) is 0 Å². The standard InChI is InChI=1S/C40H44N12O14S4.4Na/c1-3-51(4-2)39-47-35(41-27-11-15-31(16-12-27)67(55,56)57)45-37(48-39)43-29-9-7-25(33(23-29)69(61,62)63)5-6-26-8-10-30(24-34(26)70(64,65)66)44-38-46-36(49-40(50-38)52(19-21-53)20-22-54)42-28-13-17-32(18-14-28)68(58,59)60;;;;/h5-18,23-24,53-54H,3-4,19-22H2,1-2H3,(H,55,56,57)(H,58,59,60)(H,61,62,63)(H,64,65,66)(H2,41,43,45,47,48)(H2,42,44,46,49,50);;;;/q;4*+1/p-4/b6-5+;;;;. The van der Waals surface area contributed by atoms with Gasteiger partial charge in [-0.2, -0.15) is 19.9 Å². The zero-order valence-electron chi connectivity index (χ0n) is 40.5. The van der Waals surface area contributed by atoms with Gasteiger partial charge >= 0.3 is 118 Å². The van der Waals surface area contributed by atoms with E-state index < -0.39 is 60.1 Å². The molecular formula is C40H40N12Na4O14S4. The molecule has 0 aliphatic rings. The van der Waals surface area contributed by atoms with Crippen molar-refractivity contribution in [1.29, 1.82) is 0 Å². The van der Waals surface area contributed by atoms with Crippen molar-refractivity contribution < 1.29 is 180 Å². The molecule has 74 heavy (non-hydrogen) atoms. The Morgan fingerprint density at radius 3 is 1.19 bits per heavy atom. The van der Waals surface area contributed by atoms with Gasteiger partial charge in [0.2, 0.25) is 35.0 Å². The summed E-state index contributed by atoms with van der Waals surface area (Å²) in [6.07, 6.45) is 2.18. The van der Waals surface area contributed by atoms with Gasteiger partial charge in [-0.15, -0.1) is 0 Å². The number of anilines is 6. The maximum atomic E-state index is 12.6. The molecule has 6 aromatic rings. The predicted octanol–water partition coefficient (Wildman–Crippen LogP) is -10.7. The minimum Gasteiger partial charge on any atom is -0.744 e. The van der Waals surface area contributed by atoms with Crippen LogP contribution >= 0.6 is 0 Å². The number of rotatable bonds is 20. The van der Waals surface area contributed by atoms with Crippen LogP contribution in [0, 0.1) is 0 Å². The van der Waals surface area contributed by atoms with Crippen LogP contribution in [0.2, 0.25) is 0 Å². The molecule has 2 aromatic heterocycles. The minimum atomic E-state index is -5.28. The summed E-state index contributed by atoms with van der Waals surface area (Å²) in [4.78, 5) is 32.4. The van der Waals surface area contributed by atoms with Crippen molar-refractivity contribution >= 4 is 99.2 Å². The monoisotopic (exact) mass is 1130 g/mol. The van der Waals surface area contributed by atoms with Gasteiger partial charge in [0.25, 0.3) is 0 Å². The van der Waals surface area contributed by atoms with Gasteiger partial charge in [0.05, 0.1) is 44.2 Å². The summed E-state index contributed by atoms with van der Waals surface area (Å²) in [7, 11) is -20.0. The Morgan fingerprint density at radius 2 is 0.878 bits per heavy atom. The molecule has 0 unspecified atom stereocenters. The second-order valence-corrected chi connectivity index (χ2v) is 19.8. The Morgan fingerprint density at radius 1 is 0.527 bits per heavy atom. The van der Waals surface area contributed by atoms with Crippen LogP contribution in [0.3, 0.4) is 0 Å². The zero-order chi connectivity index (χ0) is 51.0. The fourth-order valence-electron chi connectivity index (χ4n) is 6.35. The molecule has 0 aliphatic heterocycles. The van der Waals surface area contributed by atoms with Crippen LogP contribution in [-0.4, -0.2) is 131 Å². The van der Waals surface area contributed by atoms with Crippen molar-refractivity contribution in [2.45, 2.75) is 33.4 Å². The topological polar surface area (TPSA) is 408 Å². The second kappa shape index (κ2) is 29.1. The van der Waals surface area contributed by atoms with E-state index >= 15 is 0 Å². The summed E-state index contributed by atoms with van der Waals surface area (Å²) >= 11 is 0. The average Bonchev–Trinajstić information content (AvgIpc) is 3.28. The SMILES string of the molecule is CCN(CC)c1nc(Nc2ccc(S(=O)(=O)[O-])cc2)nc(=Nc2ccc(/C=C/c3ccc(N=c4nc(Nc5ccc(S(=O)(=O)[O-])cc5)nc(N(CCO)CCO)[nH]4)cc3S(=O)(=O)[O-])c(S(=O)(=O)[O-])c2)[nH]1.[Na+].[Na+].[Na+].[Na+]. The molecule has 0 saturated heterocycles. The van der Waals surface area contributed by atoms with Crippen molar-refractivity contribution in [2.75, 3.05) is 59.8 Å². The number of benzene rings is 4. The zero-order valence-corrected chi connectivity index (χ0v) is 51.8. The van der Waals surface area contributed by atoms with Crippen LogP contribution in [0.1, 0.15) is 25.0 Å². The first-order valence-corrected chi connectivity index (χ1v) is 25.9. The number of aromatic amines is 2. The molecule has 4 aromatic carbocycles. The number of aliphatic hydroxyl groups excluding tert-OH is 2. The summed E-state index contributed by atoms with van der Waals surface area (Å²) in [5, 5.41) is 25.0. The van der Waals surface area contributed by atoms with Gasteiger partial charge in [0, 0.05) is 37.6 Å². The molecule has 0 amide bonds. The molecule has 0 radical (unpaired) electrons. The number of aromatic nitrogens is 6. The molecule has 6 rings (SSSR count). The normalized spacial score (nSPS) is 12.2. The number of nitrogens with one attached hydrogen (secondary N) is 4. The summed E-state index contributed by atoms with van der Waals surface area (Å²) in [5.74, 6) is 0.0597. The predicted molar refractivity (Wildman–Crippen MR) is 246 cm³/mol. The van der Waals surface area contributed by atoms with Gasteiger partial charge in [-0.05, 0) is 97.8 Å². The van der Waals surface area contributed by atoms with E-state index in [2.05, 4.69) is 50.5 Å². The maximum absolute atomic E-state index is 12.6. The molecule has 0 fully saturated rings. The molecule has 0 spiro atoms. The van der Waals surface area contributed by atoms with E-state index in [1.165, 1.54) is 53.4 Å². The van der Waals surface area contributed by atoms with E-state index in [1.807, 2.05) is 13.8 Å². The molecule has 34 heteroatoms. The molecule has 0 atom stereocenters.